The maximum atomic E-state index is 12.4. The summed E-state index contributed by atoms with van der Waals surface area (Å²) in [6, 6.07) is 5.89. The summed E-state index contributed by atoms with van der Waals surface area (Å²) < 4.78 is 38.4. The number of aryl methyl sites for hydroxylation is 1. The van der Waals surface area contributed by atoms with Crippen molar-refractivity contribution in [3.8, 4) is 5.69 Å². The Kier molecular flexibility index (Phi) is 3.13. The Morgan fingerprint density at radius 2 is 2.00 bits per heavy atom. The summed E-state index contributed by atoms with van der Waals surface area (Å²) in [7, 11) is 0. The molecule has 1 N–H and O–H groups in total. The van der Waals surface area contributed by atoms with Crippen LogP contribution in [-0.2, 0) is 12.8 Å². The van der Waals surface area contributed by atoms with Crippen molar-refractivity contribution in [1.29, 1.82) is 0 Å². The zero-order valence-corrected chi connectivity index (χ0v) is 9.57. The van der Waals surface area contributed by atoms with Crippen LogP contribution in [0, 0.1) is 6.92 Å². The minimum Gasteiger partial charge on any atom is -0.392 e. The monoisotopic (exact) mass is 256 g/mol. The molecule has 1 heterocycles. The molecule has 0 aliphatic rings. The van der Waals surface area contributed by atoms with Gasteiger partial charge in [-0.05, 0) is 36.2 Å². The molecule has 18 heavy (non-hydrogen) atoms. The fourth-order valence-electron chi connectivity index (χ4n) is 1.62. The van der Waals surface area contributed by atoms with E-state index in [1.807, 2.05) is 0 Å². The van der Waals surface area contributed by atoms with E-state index in [-0.39, 0.29) is 6.61 Å². The normalized spacial score (nSPS) is 11.8. The van der Waals surface area contributed by atoms with Crippen molar-refractivity contribution in [2.75, 3.05) is 0 Å². The summed E-state index contributed by atoms with van der Waals surface area (Å²) in [5, 5.41) is 12.5. The highest BCUT2D eigenvalue weighted by Crippen LogP contribution is 2.28. The van der Waals surface area contributed by atoms with Gasteiger partial charge >= 0.3 is 6.18 Å². The first-order valence-electron chi connectivity index (χ1n) is 5.25. The largest absolute Gasteiger partial charge is 0.435 e. The fourth-order valence-corrected chi connectivity index (χ4v) is 1.62. The van der Waals surface area contributed by atoms with Crippen molar-refractivity contribution < 1.29 is 18.3 Å². The molecule has 0 spiro atoms. The van der Waals surface area contributed by atoms with Gasteiger partial charge in [-0.25, -0.2) is 4.68 Å². The van der Waals surface area contributed by atoms with Gasteiger partial charge in [0.25, 0.3) is 0 Å². The molecule has 0 aliphatic carbocycles. The number of benzene rings is 1. The van der Waals surface area contributed by atoms with Gasteiger partial charge in [0.05, 0.1) is 12.3 Å². The average Bonchev–Trinajstić information content (AvgIpc) is 2.77. The van der Waals surface area contributed by atoms with Crippen LogP contribution in [0.3, 0.4) is 0 Å². The molecule has 0 saturated heterocycles. The van der Waals surface area contributed by atoms with Crippen LogP contribution in [-0.4, -0.2) is 14.9 Å². The van der Waals surface area contributed by atoms with Gasteiger partial charge in [0.15, 0.2) is 5.69 Å². The van der Waals surface area contributed by atoms with Gasteiger partial charge in [-0.2, -0.15) is 18.3 Å². The number of aromatic nitrogens is 2. The number of hydrogen-bond acceptors (Lipinski definition) is 2. The molecule has 96 valence electrons. The lowest BCUT2D eigenvalue weighted by Gasteiger charge is -2.07. The van der Waals surface area contributed by atoms with Crippen molar-refractivity contribution in [3.63, 3.8) is 0 Å². The molecule has 0 unspecified atom stereocenters. The van der Waals surface area contributed by atoms with E-state index >= 15 is 0 Å². The second kappa shape index (κ2) is 4.45. The van der Waals surface area contributed by atoms with Gasteiger partial charge in [-0.15, -0.1) is 0 Å². The van der Waals surface area contributed by atoms with E-state index in [0.717, 1.165) is 21.9 Å². The molecule has 0 atom stereocenters. The van der Waals surface area contributed by atoms with E-state index in [1.54, 1.807) is 25.1 Å². The van der Waals surface area contributed by atoms with Gasteiger partial charge in [-0.1, -0.05) is 6.07 Å². The lowest BCUT2D eigenvalue weighted by Crippen LogP contribution is -2.07. The first kappa shape index (κ1) is 12.6. The molecule has 0 radical (unpaired) electrons. The standard InChI is InChI=1S/C12H11F3N2O/c1-8-6-10(3-2-9(8)7-18)17-5-4-11(16-17)12(13,14)15/h2-6,18H,7H2,1H3. The predicted octanol–water partition coefficient (Wildman–Crippen LogP) is 2.69. The van der Waals surface area contributed by atoms with Crippen LogP contribution >= 0.6 is 0 Å². The molecular formula is C12H11F3N2O. The predicted molar refractivity (Wildman–Crippen MR) is 59.2 cm³/mol. The van der Waals surface area contributed by atoms with E-state index < -0.39 is 11.9 Å². The van der Waals surface area contributed by atoms with Crippen LogP contribution in [0.25, 0.3) is 5.69 Å². The zero-order chi connectivity index (χ0) is 13.3. The van der Waals surface area contributed by atoms with E-state index in [0.29, 0.717) is 5.69 Å². The van der Waals surface area contributed by atoms with Crippen LogP contribution in [0.15, 0.2) is 30.5 Å². The Labute approximate surface area is 101 Å². The Bertz CT molecular complexity index is 561. The van der Waals surface area contributed by atoms with Crippen molar-refractivity contribution in [1.82, 2.24) is 9.78 Å². The lowest BCUT2D eigenvalue weighted by molar-refractivity contribution is -0.141. The third-order valence-electron chi connectivity index (χ3n) is 2.64. The lowest BCUT2D eigenvalue weighted by atomic mass is 10.1. The average molecular weight is 256 g/mol. The number of aliphatic hydroxyl groups excluding tert-OH is 1. The SMILES string of the molecule is Cc1cc(-n2ccc(C(F)(F)F)n2)ccc1CO. The number of rotatable bonds is 2. The summed E-state index contributed by atoms with van der Waals surface area (Å²) in [6.07, 6.45) is -3.18. The molecule has 0 saturated carbocycles. The number of hydrogen-bond donors (Lipinski definition) is 1. The molecule has 2 aromatic rings. The molecule has 6 heteroatoms. The molecule has 3 nitrogen and oxygen atoms in total. The molecule has 2 rings (SSSR count). The second-order valence-corrected chi connectivity index (χ2v) is 3.91. The molecule has 0 aliphatic heterocycles. The maximum absolute atomic E-state index is 12.4. The van der Waals surface area contributed by atoms with Crippen LogP contribution < -0.4 is 0 Å². The number of aliphatic hydroxyl groups is 1. The Morgan fingerprint density at radius 1 is 1.28 bits per heavy atom. The molecule has 1 aromatic carbocycles. The first-order chi connectivity index (χ1) is 8.41. The van der Waals surface area contributed by atoms with Crippen LogP contribution in [0.5, 0.6) is 0 Å². The summed E-state index contributed by atoms with van der Waals surface area (Å²) in [4.78, 5) is 0. The second-order valence-electron chi connectivity index (χ2n) is 3.91. The smallest absolute Gasteiger partial charge is 0.392 e. The molecule has 0 bridgehead atoms. The maximum Gasteiger partial charge on any atom is 0.435 e. The fraction of sp³-hybridized carbons (Fsp3) is 0.250. The Hall–Kier alpha value is -1.82. The minimum absolute atomic E-state index is 0.0982. The van der Waals surface area contributed by atoms with Gasteiger partial charge in [0.2, 0.25) is 0 Å². The van der Waals surface area contributed by atoms with Crippen LogP contribution in [0.1, 0.15) is 16.8 Å². The van der Waals surface area contributed by atoms with Gasteiger partial charge in [-0.3, -0.25) is 0 Å². The van der Waals surface area contributed by atoms with Crippen molar-refractivity contribution in [2.24, 2.45) is 0 Å². The van der Waals surface area contributed by atoms with Crippen molar-refractivity contribution >= 4 is 0 Å². The molecule has 0 amide bonds. The highest BCUT2D eigenvalue weighted by atomic mass is 19.4. The molecule has 1 aromatic heterocycles. The van der Waals surface area contributed by atoms with Gasteiger partial charge in [0.1, 0.15) is 0 Å². The first-order valence-corrected chi connectivity index (χ1v) is 5.25. The Morgan fingerprint density at radius 3 is 2.50 bits per heavy atom. The van der Waals surface area contributed by atoms with Gasteiger partial charge < -0.3 is 5.11 Å². The van der Waals surface area contributed by atoms with E-state index in [4.69, 9.17) is 5.11 Å². The molecular weight excluding hydrogens is 245 g/mol. The Balaban J connectivity index is 2.38. The highest BCUT2D eigenvalue weighted by Gasteiger charge is 2.33. The molecule has 0 fully saturated rings. The van der Waals surface area contributed by atoms with Crippen LogP contribution in [0.4, 0.5) is 13.2 Å². The van der Waals surface area contributed by atoms with E-state index in [9.17, 15) is 13.2 Å². The van der Waals surface area contributed by atoms with Crippen LogP contribution in [0.2, 0.25) is 0 Å². The third-order valence-corrected chi connectivity index (χ3v) is 2.64. The number of alkyl halides is 3. The van der Waals surface area contributed by atoms with E-state index in [1.165, 1.54) is 6.20 Å². The summed E-state index contributed by atoms with van der Waals surface area (Å²) in [5.74, 6) is 0. The van der Waals surface area contributed by atoms with E-state index in [2.05, 4.69) is 5.10 Å². The highest BCUT2D eigenvalue weighted by molar-refractivity contribution is 5.39. The van der Waals surface area contributed by atoms with Gasteiger partial charge in [0, 0.05) is 6.20 Å². The third kappa shape index (κ3) is 2.38. The summed E-state index contributed by atoms with van der Waals surface area (Å²) in [6.45, 7) is 1.68. The number of nitrogens with zero attached hydrogens (tertiary/aromatic N) is 2. The van der Waals surface area contributed by atoms with Crippen molar-refractivity contribution in [2.45, 2.75) is 19.7 Å². The summed E-state index contributed by atoms with van der Waals surface area (Å²) in [5.41, 5.74) is 1.15. The topological polar surface area (TPSA) is 38.0 Å². The summed E-state index contributed by atoms with van der Waals surface area (Å²) >= 11 is 0. The zero-order valence-electron chi connectivity index (χ0n) is 9.57. The van der Waals surface area contributed by atoms with Crippen molar-refractivity contribution in [3.05, 3.63) is 47.3 Å². The number of halogens is 3. The minimum atomic E-state index is -4.44. The quantitative estimate of drug-likeness (QED) is 0.897.